The fourth-order valence-electron chi connectivity index (χ4n) is 3.82. The molecule has 0 aromatic heterocycles. The van der Waals surface area contributed by atoms with Crippen LogP contribution in [-0.4, -0.2) is 46.7 Å². The zero-order valence-corrected chi connectivity index (χ0v) is 25.8. The number of rotatable bonds is 12. The predicted molar refractivity (Wildman–Crippen MR) is 169 cm³/mol. The number of nitrogens with one attached hydrogen (secondary N) is 2. The molecule has 43 heavy (non-hydrogen) atoms. The highest BCUT2D eigenvalue weighted by molar-refractivity contribution is 9.10. The van der Waals surface area contributed by atoms with Crippen molar-refractivity contribution in [3.8, 4) is 11.5 Å². The van der Waals surface area contributed by atoms with Crippen LogP contribution in [0, 0.1) is 6.92 Å². The highest BCUT2D eigenvalue weighted by Gasteiger charge is 2.28. The van der Waals surface area contributed by atoms with Crippen LogP contribution in [0.5, 0.6) is 11.5 Å². The van der Waals surface area contributed by atoms with E-state index in [1.165, 1.54) is 31.5 Å². The molecule has 4 aromatic rings. The van der Waals surface area contributed by atoms with Gasteiger partial charge in [0.2, 0.25) is 0 Å². The van der Waals surface area contributed by atoms with Gasteiger partial charge in [0.25, 0.3) is 21.8 Å². The van der Waals surface area contributed by atoms with Crippen LogP contribution >= 0.6 is 15.9 Å². The lowest BCUT2D eigenvalue weighted by Gasteiger charge is -2.24. The number of amides is 2. The summed E-state index contributed by atoms with van der Waals surface area (Å²) >= 11 is 3.32. The third-order valence-corrected chi connectivity index (χ3v) is 8.42. The number of carbonyl (C=O) groups excluding carboxylic acids is 2. The summed E-state index contributed by atoms with van der Waals surface area (Å²) < 4.78 is 39.5. The largest absolute Gasteiger partial charge is 0.496 e. The maximum Gasteiger partial charge on any atom is 0.264 e. The van der Waals surface area contributed by atoms with Crippen LogP contribution in [0.25, 0.3) is 0 Å². The normalized spacial score (nSPS) is 11.1. The number of anilines is 2. The molecule has 0 heterocycles. The number of methoxy groups -OCH3 is 1. The number of halogens is 1. The molecule has 12 heteroatoms. The minimum absolute atomic E-state index is 0.0168. The van der Waals surface area contributed by atoms with Gasteiger partial charge in [0.05, 0.1) is 28.4 Å². The number of hydrogen-bond donors (Lipinski definition) is 2. The highest BCUT2D eigenvalue weighted by atomic mass is 79.9. The van der Waals surface area contributed by atoms with Gasteiger partial charge in [-0.05, 0) is 95.1 Å². The predicted octanol–water partition coefficient (Wildman–Crippen LogP) is 5.13. The summed E-state index contributed by atoms with van der Waals surface area (Å²) in [6, 6.07) is 27.0. The summed E-state index contributed by atoms with van der Waals surface area (Å²) in [5.41, 5.74) is 4.97. The molecule has 0 radical (unpaired) electrons. The second-order valence-corrected chi connectivity index (χ2v) is 11.9. The molecule has 2 N–H and O–H groups in total. The first kappa shape index (κ1) is 31.3. The summed E-state index contributed by atoms with van der Waals surface area (Å²) in [6.45, 7) is 1.21. The lowest BCUT2D eigenvalue weighted by molar-refractivity contribution is -0.119. The molecular formula is C31H29BrN4O6S. The molecule has 4 aromatic carbocycles. The average molecular weight is 666 g/mol. The van der Waals surface area contributed by atoms with E-state index in [9.17, 15) is 18.0 Å². The van der Waals surface area contributed by atoms with E-state index in [0.29, 0.717) is 32.9 Å². The van der Waals surface area contributed by atoms with E-state index in [0.717, 1.165) is 9.87 Å². The Kier molecular flexibility index (Phi) is 10.5. The summed E-state index contributed by atoms with van der Waals surface area (Å²) in [5, 5.41) is 6.71. The summed E-state index contributed by atoms with van der Waals surface area (Å²) in [6.07, 6.45) is 1.41. The minimum atomic E-state index is -4.13. The zero-order chi connectivity index (χ0) is 30.8. The van der Waals surface area contributed by atoms with E-state index in [4.69, 9.17) is 9.47 Å². The Labute approximate surface area is 258 Å². The topological polar surface area (TPSA) is 126 Å². The Bertz CT molecular complexity index is 1700. The van der Waals surface area contributed by atoms with Gasteiger partial charge in [0.15, 0.2) is 6.61 Å². The van der Waals surface area contributed by atoms with Gasteiger partial charge in [-0.25, -0.2) is 13.8 Å². The third-order valence-electron chi connectivity index (χ3n) is 6.03. The van der Waals surface area contributed by atoms with Crippen molar-refractivity contribution in [2.75, 3.05) is 29.9 Å². The molecular weight excluding hydrogens is 636 g/mol. The summed E-state index contributed by atoms with van der Waals surface area (Å²) in [5.74, 6) is 0.0211. The molecule has 10 nitrogen and oxygen atoms in total. The van der Waals surface area contributed by atoms with Crippen molar-refractivity contribution in [2.24, 2.45) is 5.10 Å². The number of sulfonamides is 1. The number of ether oxygens (including phenoxy) is 2. The van der Waals surface area contributed by atoms with Gasteiger partial charge in [0, 0.05) is 5.69 Å². The number of hydrogen-bond acceptors (Lipinski definition) is 7. The van der Waals surface area contributed by atoms with E-state index in [1.54, 1.807) is 60.7 Å². The van der Waals surface area contributed by atoms with Gasteiger partial charge in [-0.15, -0.1) is 0 Å². The van der Waals surface area contributed by atoms with Crippen LogP contribution in [0.15, 0.2) is 112 Å². The number of para-hydroxylation sites is 1. The molecule has 0 saturated heterocycles. The van der Waals surface area contributed by atoms with Crippen LogP contribution < -0.4 is 24.5 Å². The first-order valence-corrected chi connectivity index (χ1v) is 15.2. The molecule has 0 atom stereocenters. The Balaban J connectivity index is 1.38. The Morgan fingerprint density at radius 1 is 0.930 bits per heavy atom. The smallest absolute Gasteiger partial charge is 0.264 e. The molecule has 0 bridgehead atoms. The molecule has 4 rings (SSSR count). The Morgan fingerprint density at radius 2 is 1.63 bits per heavy atom. The summed E-state index contributed by atoms with van der Waals surface area (Å²) in [4.78, 5) is 24.9. The first-order valence-electron chi connectivity index (χ1n) is 13.0. The fraction of sp³-hybridized carbons (Fsp3) is 0.129. The van der Waals surface area contributed by atoms with Crippen molar-refractivity contribution < 1.29 is 27.5 Å². The Morgan fingerprint density at radius 3 is 2.28 bits per heavy atom. The second-order valence-electron chi connectivity index (χ2n) is 9.21. The number of hydrazone groups is 1. The van der Waals surface area contributed by atoms with Gasteiger partial charge in [-0.1, -0.05) is 35.9 Å². The highest BCUT2D eigenvalue weighted by Crippen LogP contribution is 2.30. The van der Waals surface area contributed by atoms with Crippen molar-refractivity contribution in [3.05, 3.63) is 113 Å². The molecule has 0 aliphatic carbocycles. The van der Waals surface area contributed by atoms with Crippen LogP contribution in [0.1, 0.15) is 11.1 Å². The molecule has 0 aliphatic heterocycles. The number of nitrogens with zero attached hydrogens (tertiary/aromatic N) is 2. The number of carbonyl (C=O) groups is 2. The molecule has 2 amide bonds. The monoisotopic (exact) mass is 664 g/mol. The van der Waals surface area contributed by atoms with Crippen molar-refractivity contribution in [2.45, 2.75) is 11.8 Å². The average Bonchev–Trinajstić information content (AvgIpc) is 3.00. The van der Waals surface area contributed by atoms with E-state index in [-0.39, 0.29) is 17.4 Å². The van der Waals surface area contributed by atoms with Crippen LogP contribution in [0.4, 0.5) is 11.4 Å². The minimum Gasteiger partial charge on any atom is -0.496 e. The lowest BCUT2D eigenvalue weighted by Crippen LogP contribution is -2.39. The van der Waals surface area contributed by atoms with E-state index >= 15 is 0 Å². The summed E-state index contributed by atoms with van der Waals surface area (Å²) in [7, 11) is -2.65. The van der Waals surface area contributed by atoms with Crippen LogP contribution in [0.3, 0.4) is 0 Å². The fourth-order valence-corrected chi connectivity index (χ4v) is 5.96. The maximum atomic E-state index is 13.6. The number of aryl methyl sites for hydroxylation is 1. The van der Waals surface area contributed by atoms with Gasteiger partial charge in [-0.3, -0.25) is 13.9 Å². The van der Waals surface area contributed by atoms with Crippen molar-refractivity contribution in [1.82, 2.24) is 5.43 Å². The van der Waals surface area contributed by atoms with Crippen LogP contribution in [-0.2, 0) is 19.6 Å². The van der Waals surface area contributed by atoms with E-state index in [1.807, 2.05) is 25.1 Å². The van der Waals surface area contributed by atoms with Gasteiger partial charge in [-0.2, -0.15) is 5.10 Å². The van der Waals surface area contributed by atoms with Crippen LogP contribution in [0.2, 0.25) is 0 Å². The molecule has 0 aliphatic rings. The standard InChI is InChI=1S/C31H29BrN4O6S/c1-22-8-12-25(13-9-22)36(43(39,40)27-16-17-29(41-2)28(32)18-27)20-30(37)35-33-19-23-10-14-26(15-11-23)42-21-31(38)34-24-6-4-3-5-7-24/h3-19H,20-21H2,1-2H3,(H,34,38)(H,35,37)/b33-19-. The van der Waals surface area contributed by atoms with Gasteiger partial charge < -0.3 is 14.8 Å². The third kappa shape index (κ3) is 8.66. The van der Waals surface area contributed by atoms with Crippen molar-refractivity contribution in [3.63, 3.8) is 0 Å². The van der Waals surface area contributed by atoms with E-state index in [2.05, 4.69) is 31.8 Å². The SMILES string of the molecule is COc1ccc(S(=O)(=O)N(CC(=O)N/N=C\c2ccc(OCC(=O)Nc3ccccc3)cc2)c2ccc(C)cc2)cc1Br. The van der Waals surface area contributed by atoms with Gasteiger partial charge in [0.1, 0.15) is 18.0 Å². The van der Waals surface area contributed by atoms with Crippen molar-refractivity contribution >= 4 is 55.4 Å². The maximum absolute atomic E-state index is 13.6. The molecule has 0 unspecified atom stereocenters. The Hall–Kier alpha value is -4.68. The number of benzene rings is 4. The lowest BCUT2D eigenvalue weighted by atomic mass is 10.2. The quantitative estimate of drug-likeness (QED) is 0.160. The first-order chi connectivity index (χ1) is 20.7. The molecule has 0 fully saturated rings. The van der Waals surface area contributed by atoms with Gasteiger partial charge >= 0.3 is 0 Å². The second kappa shape index (κ2) is 14.5. The molecule has 222 valence electrons. The van der Waals surface area contributed by atoms with E-state index < -0.39 is 22.5 Å². The van der Waals surface area contributed by atoms with Crippen molar-refractivity contribution in [1.29, 1.82) is 0 Å². The zero-order valence-electron chi connectivity index (χ0n) is 23.4. The molecule has 0 spiro atoms. The molecule has 0 saturated carbocycles.